The van der Waals surface area contributed by atoms with Gasteiger partial charge < -0.3 is 17.3 Å². The maximum atomic E-state index is 9.75. The number of aryl methyl sites for hydroxylation is 1. The number of nitrogens with zero attached hydrogens (tertiary/aromatic N) is 1. The van der Waals surface area contributed by atoms with E-state index in [0.717, 1.165) is 0 Å². The fraction of sp³-hybridized carbons (Fsp3) is 0.0714. The normalized spacial score (nSPS) is 11.2. The third kappa shape index (κ3) is 3.47. The fourth-order valence-corrected chi connectivity index (χ4v) is 2.11. The average Bonchev–Trinajstić information content (AvgIpc) is 2.37. The van der Waals surface area contributed by atoms with Gasteiger partial charge in [0.05, 0.1) is 0 Å². The Morgan fingerprint density at radius 3 is 2.20 bits per heavy atom. The van der Waals surface area contributed by atoms with Crippen molar-refractivity contribution in [2.45, 2.75) is 6.92 Å². The summed E-state index contributed by atoms with van der Waals surface area (Å²) in [5.41, 5.74) is 3.85. The molecule has 0 saturated heterocycles. The van der Waals surface area contributed by atoms with E-state index in [1.165, 1.54) is 22.0 Å². The number of hydrogen-bond donors (Lipinski definition) is 0. The predicted octanol–water partition coefficient (Wildman–Crippen LogP) is 4.19. The van der Waals surface area contributed by atoms with Crippen molar-refractivity contribution in [1.82, 2.24) is 0 Å². The molecule has 0 unspecified atom stereocenters. The molecule has 0 N–H and O–H groups in total. The number of fused-ring (bicyclic) bond motifs is 3. The Kier molecular flexibility index (Phi) is 3.92. The SMILES string of the molecule is Cc1cc2cccc[n+]2c2ccccc12.F[B-](F)(F)F. The van der Waals surface area contributed by atoms with Crippen molar-refractivity contribution in [1.29, 1.82) is 0 Å². The molecule has 0 atom stereocenters. The van der Waals surface area contributed by atoms with Crippen LogP contribution in [0.3, 0.4) is 0 Å². The Bertz CT molecular complexity index is 734. The largest absolute Gasteiger partial charge is 0.673 e. The van der Waals surface area contributed by atoms with Gasteiger partial charge in [0.2, 0.25) is 11.0 Å². The van der Waals surface area contributed by atoms with Crippen LogP contribution in [-0.2, 0) is 0 Å². The molecule has 3 aromatic rings. The van der Waals surface area contributed by atoms with E-state index >= 15 is 0 Å². The van der Waals surface area contributed by atoms with Gasteiger partial charge in [-0.05, 0) is 24.6 Å². The quantitative estimate of drug-likeness (QED) is 0.252. The second kappa shape index (κ2) is 5.49. The van der Waals surface area contributed by atoms with Crippen molar-refractivity contribution >= 4 is 23.7 Å². The molecule has 2 aromatic heterocycles. The molecule has 0 aliphatic rings. The molecule has 0 aliphatic heterocycles. The summed E-state index contributed by atoms with van der Waals surface area (Å²) in [5.74, 6) is 0. The number of aromatic nitrogens is 1. The first kappa shape index (κ1) is 14.3. The monoisotopic (exact) mass is 281 g/mol. The zero-order valence-electron chi connectivity index (χ0n) is 10.7. The highest BCUT2D eigenvalue weighted by Gasteiger charge is 2.20. The highest BCUT2D eigenvalue weighted by Crippen LogP contribution is 2.16. The smallest absolute Gasteiger partial charge is 0.418 e. The van der Waals surface area contributed by atoms with E-state index in [1.54, 1.807) is 0 Å². The van der Waals surface area contributed by atoms with Crippen LogP contribution in [0.2, 0.25) is 0 Å². The summed E-state index contributed by atoms with van der Waals surface area (Å²) in [6, 6.07) is 17.0. The van der Waals surface area contributed by atoms with Crippen LogP contribution in [0.25, 0.3) is 16.4 Å². The Labute approximate surface area is 113 Å². The molecule has 20 heavy (non-hydrogen) atoms. The number of hydrogen-bond acceptors (Lipinski definition) is 0. The van der Waals surface area contributed by atoms with Gasteiger partial charge in [0.25, 0.3) is 0 Å². The van der Waals surface area contributed by atoms with Crippen LogP contribution < -0.4 is 4.40 Å². The summed E-state index contributed by atoms with van der Waals surface area (Å²) in [6.07, 6.45) is 2.11. The van der Waals surface area contributed by atoms with Crippen molar-refractivity contribution in [2.75, 3.05) is 0 Å². The second-order valence-electron chi connectivity index (χ2n) is 4.33. The Balaban J connectivity index is 0.000000257. The highest BCUT2D eigenvalue weighted by atomic mass is 19.5. The summed E-state index contributed by atoms with van der Waals surface area (Å²) < 4.78 is 41.2. The van der Waals surface area contributed by atoms with Crippen molar-refractivity contribution < 1.29 is 21.7 Å². The summed E-state index contributed by atoms with van der Waals surface area (Å²) in [5, 5.41) is 1.32. The van der Waals surface area contributed by atoms with Crippen molar-refractivity contribution in [2.24, 2.45) is 0 Å². The molecule has 0 fully saturated rings. The van der Waals surface area contributed by atoms with Gasteiger partial charge in [-0.15, -0.1) is 0 Å². The molecule has 0 spiro atoms. The predicted molar refractivity (Wildman–Crippen MR) is 72.0 cm³/mol. The number of halogens is 4. The lowest BCUT2D eigenvalue weighted by atomic mass is 10.1. The van der Waals surface area contributed by atoms with E-state index in [-0.39, 0.29) is 0 Å². The molecule has 2 heterocycles. The molecule has 0 saturated carbocycles. The Morgan fingerprint density at radius 1 is 0.900 bits per heavy atom. The van der Waals surface area contributed by atoms with Gasteiger partial charge in [0.15, 0.2) is 6.20 Å². The number of para-hydroxylation sites is 1. The summed E-state index contributed by atoms with van der Waals surface area (Å²) in [4.78, 5) is 0. The zero-order chi connectivity index (χ0) is 14.8. The molecule has 6 heteroatoms. The van der Waals surface area contributed by atoms with E-state index in [0.29, 0.717) is 0 Å². The first-order valence-corrected chi connectivity index (χ1v) is 6.02. The third-order valence-corrected chi connectivity index (χ3v) is 2.84. The van der Waals surface area contributed by atoms with Crippen LogP contribution in [0.15, 0.2) is 54.7 Å². The topological polar surface area (TPSA) is 4.10 Å². The first-order chi connectivity index (χ1) is 9.36. The summed E-state index contributed by atoms with van der Waals surface area (Å²) in [7, 11) is -6.00. The fourth-order valence-electron chi connectivity index (χ4n) is 2.11. The molecule has 0 radical (unpaired) electrons. The molecule has 0 aliphatic carbocycles. The van der Waals surface area contributed by atoms with Crippen molar-refractivity contribution in [3.05, 3.63) is 60.3 Å². The summed E-state index contributed by atoms with van der Waals surface area (Å²) >= 11 is 0. The second-order valence-corrected chi connectivity index (χ2v) is 4.33. The third-order valence-electron chi connectivity index (χ3n) is 2.84. The molecular formula is C14H12BF4N. The molecule has 3 rings (SSSR count). The molecule has 1 aromatic carbocycles. The van der Waals surface area contributed by atoms with E-state index < -0.39 is 7.25 Å². The van der Waals surface area contributed by atoms with Gasteiger partial charge in [0, 0.05) is 29.7 Å². The number of rotatable bonds is 0. The Morgan fingerprint density at radius 2 is 1.50 bits per heavy atom. The van der Waals surface area contributed by atoms with Crippen LogP contribution in [0.5, 0.6) is 0 Å². The lowest BCUT2D eigenvalue weighted by Gasteiger charge is -2.00. The van der Waals surface area contributed by atoms with Gasteiger partial charge >= 0.3 is 7.25 Å². The molecular weight excluding hydrogens is 269 g/mol. The number of benzene rings is 1. The van der Waals surface area contributed by atoms with E-state index in [1.807, 2.05) is 0 Å². The first-order valence-electron chi connectivity index (χ1n) is 6.02. The molecule has 104 valence electrons. The van der Waals surface area contributed by atoms with Gasteiger partial charge in [-0.2, -0.15) is 4.40 Å². The standard InChI is InChI=1S/C14H12N.BF4/c1-11-10-12-6-4-5-9-15(12)14-8-3-2-7-13(11)14;2-1(3,4)5/h2-10H,1H3;/q+1;-1. The molecule has 0 amide bonds. The van der Waals surface area contributed by atoms with Crippen LogP contribution >= 0.6 is 0 Å². The lowest BCUT2D eigenvalue weighted by Crippen LogP contribution is -2.22. The van der Waals surface area contributed by atoms with Gasteiger partial charge in [-0.3, -0.25) is 0 Å². The van der Waals surface area contributed by atoms with E-state index in [9.17, 15) is 17.3 Å². The van der Waals surface area contributed by atoms with Crippen molar-refractivity contribution in [3.8, 4) is 0 Å². The molecule has 0 bridgehead atoms. The van der Waals surface area contributed by atoms with E-state index in [2.05, 4.69) is 66.1 Å². The van der Waals surface area contributed by atoms with Crippen LogP contribution in [0.4, 0.5) is 17.3 Å². The minimum absolute atomic E-state index is 1.24. The summed E-state index contributed by atoms with van der Waals surface area (Å²) in [6.45, 7) is 2.16. The maximum absolute atomic E-state index is 9.75. The number of pyridine rings is 2. The lowest BCUT2D eigenvalue weighted by molar-refractivity contribution is -0.481. The minimum Gasteiger partial charge on any atom is -0.418 e. The van der Waals surface area contributed by atoms with Gasteiger partial charge in [-0.25, -0.2) is 0 Å². The highest BCUT2D eigenvalue weighted by molar-refractivity contribution is 6.50. The Hall–Kier alpha value is -2.11. The average molecular weight is 281 g/mol. The maximum Gasteiger partial charge on any atom is 0.673 e. The zero-order valence-corrected chi connectivity index (χ0v) is 10.7. The van der Waals surface area contributed by atoms with Crippen molar-refractivity contribution in [3.63, 3.8) is 0 Å². The minimum atomic E-state index is -6.00. The van der Waals surface area contributed by atoms with Crippen LogP contribution in [-0.4, -0.2) is 7.25 Å². The van der Waals surface area contributed by atoms with Crippen LogP contribution in [0, 0.1) is 6.92 Å². The van der Waals surface area contributed by atoms with E-state index in [4.69, 9.17) is 0 Å². The van der Waals surface area contributed by atoms with Gasteiger partial charge in [0.1, 0.15) is 0 Å². The molecule has 1 nitrogen and oxygen atoms in total. The van der Waals surface area contributed by atoms with Gasteiger partial charge in [-0.1, -0.05) is 12.1 Å². The van der Waals surface area contributed by atoms with Crippen LogP contribution in [0.1, 0.15) is 5.56 Å².